The summed E-state index contributed by atoms with van der Waals surface area (Å²) >= 11 is 0. The van der Waals surface area contributed by atoms with E-state index >= 15 is 0 Å². The molecule has 1 atom stereocenters. The van der Waals surface area contributed by atoms with E-state index in [0.29, 0.717) is 38.5 Å². The number of carbonyl (C=O) groups is 1. The minimum atomic E-state index is -0.134. The average Bonchev–Trinajstić information content (AvgIpc) is 3.07. The third-order valence-electron chi connectivity index (χ3n) is 5.18. The number of fused-ring (bicyclic) bond motifs is 2. The first-order valence-electron chi connectivity index (χ1n) is 10.0. The molecule has 0 bridgehead atoms. The zero-order valence-corrected chi connectivity index (χ0v) is 16.4. The summed E-state index contributed by atoms with van der Waals surface area (Å²) in [7, 11) is 0. The minimum absolute atomic E-state index is 0.117. The van der Waals surface area contributed by atoms with Gasteiger partial charge in [0.2, 0.25) is 0 Å². The molecular formula is C22H22N4O4. The maximum Gasteiger partial charge on any atom is 0.251 e. The lowest BCUT2D eigenvalue weighted by Gasteiger charge is -2.24. The lowest BCUT2D eigenvalue weighted by Crippen LogP contribution is -2.38. The van der Waals surface area contributed by atoms with Crippen LogP contribution in [-0.2, 0) is 17.9 Å². The SMILES string of the molecule is O=C(NCC1Cn2cc(-c3ccc4c(c3)OCCCO4)nc2CO1)c1ccncc1. The topological polar surface area (TPSA) is 87.5 Å². The van der Waals surface area contributed by atoms with Crippen LogP contribution >= 0.6 is 0 Å². The summed E-state index contributed by atoms with van der Waals surface area (Å²) < 4.78 is 19.5. The van der Waals surface area contributed by atoms with Crippen molar-refractivity contribution in [3.05, 3.63) is 60.3 Å². The third-order valence-corrected chi connectivity index (χ3v) is 5.18. The van der Waals surface area contributed by atoms with Crippen LogP contribution in [0.4, 0.5) is 0 Å². The standard InChI is InChI=1S/C22H22N4O4/c27-22(15-4-6-23-7-5-15)24-11-17-12-26-13-18(25-21(26)14-30-17)16-2-3-19-20(10-16)29-9-1-8-28-19/h2-7,10,13,17H,1,8-9,11-12,14H2,(H,24,27). The maximum atomic E-state index is 12.2. The summed E-state index contributed by atoms with van der Waals surface area (Å²) in [6.45, 7) is 2.78. The summed E-state index contributed by atoms with van der Waals surface area (Å²) in [4.78, 5) is 20.9. The fourth-order valence-electron chi connectivity index (χ4n) is 3.59. The second-order valence-corrected chi connectivity index (χ2v) is 7.29. The number of rotatable bonds is 4. The van der Waals surface area contributed by atoms with Crippen molar-refractivity contribution in [2.24, 2.45) is 0 Å². The molecule has 0 saturated carbocycles. The molecule has 8 nitrogen and oxygen atoms in total. The lowest BCUT2D eigenvalue weighted by atomic mass is 10.1. The number of nitrogens with one attached hydrogen (secondary N) is 1. The molecule has 2 aliphatic heterocycles. The van der Waals surface area contributed by atoms with Gasteiger partial charge in [0.05, 0.1) is 31.6 Å². The van der Waals surface area contributed by atoms with E-state index in [1.54, 1.807) is 24.5 Å². The van der Waals surface area contributed by atoms with Crippen LogP contribution in [0.3, 0.4) is 0 Å². The second kappa shape index (κ2) is 8.16. The van der Waals surface area contributed by atoms with Crippen LogP contribution in [0.2, 0.25) is 0 Å². The van der Waals surface area contributed by atoms with E-state index in [1.165, 1.54) is 0 Å². The van der Waals surface area contributed by atoms with Crippen molar-refractivity contribution in [2.45, 2.75) is 25.7 Å². The van der Waals surface area contributed by atoms with Gasteiger partial charge in [-0.3, -0.25) is 9.78 Å². The van der Waals surface area contributed by atoms with E-state index in [9.17, 15) is 4.79 Å². The molecule has 0 spiro atoms. The summed E-state index contributed by atoms with van der Waals surface area (Å²) in [5, 5.41) is 2.92. The number of aromatic nitrogens is 3. The van der Waals surface area contributed by atoms with Crippen molar-refractivity contribution in [3.63, 3.8) is 0 Å². The molecule has 1 N–H and O–H groups in total. The molecule has 0 fully saturated rings. The van der Waals surface area contributed by atoms with Gasteiger partial charge in [0, 0.05) is 42.7 Å². The number of hydrogen-bond acceptors (Lipinski definition) is 6. The van der Waals surface area contributed by atoms with Gasteiger partial charge < -0.3 is 24.1 Å². The molecule has 30 heavy (non-hydrogen) atoms. The Kier molecular flexibility index (Phi) is 5.06. The number of imidazole rings is 1. The highest BCUT2D eigenvalue weighted by Gasteiger charge is 2.22. The van der Waals surface area contributed by atoms with Crippen LogP contribution < -0.4 is 14.8 Å². The van der Waals surface area contributed by atoms with Crippen molar-refractivity contribution in [1.82, 2.24) is 19.9 Å². The first kappa shape index (κ1) is 18.6. The Balaban J connectivity index is 1.26. The molecule has 8 heteroatoms. The van der Waals surface area contributed by atoms with Crippen molar-refractivity contribution < 1.29 is 19.0 Å². The summed E-state index contributed by atoms with van der Waals surface area (Å²) in [6, 6.07) is 9.28. The van der Waals surface area contributed by atoms with Gasteiger partial charge in [0.25, 0.3) is 5.91 Å². The molecule has 1 unspecified atom stereocenters. The van der Waals surface area contributed by atoms with Gasteiger partial charge >= 0.3 is 0 Å². The fraction of sp³-hybridized carbons (Fsp3) is 0.318. The van der Waals surface area contributed by atoms with E-state index in [4.69, 9.17) is 19.2 Å². The van der Waals surface area contributed by atoms with Crippen molar-refractivity contribution in [3.8, 4) is 22.8 Å². The van der Waals surface area contributed by atoms with E-state index in [2.05, 4.69) is 14.9 Å². The average molecular weight is 406 g/mol. The molecule has 0 saturated heterocycles. The summed E-state index contributed by atoms with van der Waals surface area (Å²) in [5.41, 5.74) is 2.43. The Morgan fingerprint density at radius 3 is 2.83 bits per heavy atom. The predicted molar refractivity (Wildman–Crippen MR) is 108 cm³/mol. The zero-order chi connectivity index (χ0) is 20.3. The normalized spacial score (nSPS) is 17.7. The van der Waals surface area contributed by atoms with Crippen LogP contribution in [-0.4, -0.2) is 46.3 Å². The van der Waals surface area contributed by atoms with Crippen molar-refractivity contribution in [2.75, 3.05) is 19.8 Å². The molecule has 0 radical (unpaired) electrons. The third kappa shape index (κ3) is 3.86. The smallest absolute Gasteiger partial charge is 0.251 e. The Hall–Kier alpha value is -3.39. The first-order valence-corrected chi connectivity index (χ1v) is 10.0. The van der Waals surface area contributed by atoms with Crippen LogP contribution in [0.5, 0.6) is 11.5 Å². The molecule has 1 amide bonds. The van der Waals surface area contributed by atoms with Crippen molar-refractivity contribution >= 4 is 5.91 Å². The number of pyridine rings is 1. The number of nitrogens with zero attached hydrogens (tertiary/aromatic N) is 3. The Labute approximate surface area is 173 Å². The Bertz CT molecular complexity index is 1050. The van der Waals surface area contributed by atoms with Gasteiger partial charge in [-0.25, -0.2) is 4.98 Å². The number of ether oxygens (including phenoxy) is 3. The zero-order valence-electron chi connectivity index (χ0n) is 16.4. The molecule has 2 aliphatic rings. The Morgan fingerprint density at radius 2 is 1.97 bits per heavy atom. The fourth-order valence-corrected chi connectivity index (χ4v) is 3.59. The molecule has 5 rings (SSSR count). The largest absolute Gasteiger partial charge is 0.490 e. The van der Waals surface area contributed by atoms with Gasteiger partial charge in [0.1, 0.15) is 12.4 Å². The molecule has 3 aromatic rings. The number of hydrogen-bond donors (Lipinski definition) is 1. The molecule has 154 valence electrons. The summed E-state index contributed by atoms with van der Waals surface area (Å²) in [6.07, 6.45) is 5.98. The number of carbonyl (C=O) groups excluding carboxylic acids is 1. The minimum Gasteiger partial charge on any atom is -0.490 e. The highest BCUT2D eigenvalue weighted by atomic mass is 16.5. The van der Waals surface area contributed by atoms with Gasteiger partial charge in [-0.2, -0.15) is 0 Å². The maximum absolute atomic E-state index is 12.2. The van der Waals surface area contributed by atoms with E-state index < -0.39 is 0 Å². The molecule has 0 aliphatic carbocycles. The van der Waals surface area contributed by atoms with Gasteiger partial charge in [-0.05, 0) is 30.3 Å². The van der Waals surface area contributed by atoms with Gasteiger partial charge in [0.15, 0.2) is 11.5 Å². The van der Waals surface area contributed by atoms with Gasteiger partial charge in [-0.15, -0.1) is 0 Å². The number of benzene rings is 1. The van der Waals surface area contributed by atoms with E-state index in [-0.39, 0.29) is 12.0 Å². The van der Waals surface area contributed by atoms with E-state index in [0.717, 1.165) is 35.0 Å². The van der Waals surface area contributed by atoms with Gasteiger partial charge in [-0.1, -0.05) is 0 Å². The molecular weight excluding hydrogens is 384 g/mol. The van der Waals surface area contributed by atoms with Crippen LogP contribution in [0.25, 0.3) is 11.3 Å². The Morgan fingerprint density at radius 1 is 1.13 bits per heavy atom. The molecule has 4 heterocycles. The quantitative estimate of drug-likeness (QED) is 0.716. The second-order valence-electron chi connectivity index (χ2n) is 7.29. The lowest BCUT2D eigenvalue weighted by molar-refractivity contribution is 0.00327. The highest BCUT2D eigenvalue weighted by Crippen LogP contribution is 2.34. The highest BCUT2D eigenvalue weighted by molar-refractivity contribution is 5.93. The van der Waals surface area contributed by atoms with Crippen LogP contribution in [0.1, 0.15) is 22.6 Å². The first-order chi connectivity index (χ1) is 14.8. The van der Waals surface area contributed by atoms with E-state index in [1.807, 2.05) is 24.4 Å². The van der Waals surface area contributed by atoms with Crippen LogP contribution in [0, 0.1) is 0 Å². The van der Waals surface area contributed by atoms with Crippen LogP contribution in [0.15, 0.2) is 48.9 Å². The predicted octanol–water partition coefficient (Wildman–Crippen LogP) is 2.44. The summed E-state index contributed by atoms with van der Waals surface area (Å²) in [5.74, 6) is 2.26. The number of amides is 1. The molecule has 2 aromatic heterocycles. The van der Waals surface area contributed by atoms with Crippen molar-refractivity contribution in [1.29, 1.82) is 0 Å². The monoisotopic (exact) mass is 406 g/mol. The molecule has 1 aromatic carbocycles.